The minimum Gasteiger partial charge on any atom is -0.467 e. The van der Waals surface area contributed by atoms with Crippen LogP contribution in [0, 0.1) is 0 Å². The fourth-order valence-corrected chi connectivity index (χ4v) is 3.98. The van der Waals surface area contributed by atoms with Crippen molar-refractivity contribution in [2.24, 2.45) is 0 Å². The van der Waals surface area contributed by atoms with Gasteiger partial charge in [-0.2, -0.15) is 0 Å². The Morgan fingerprint density at radius 3 is 2.42 bits per heavy atom. The van der Waals surface area contributed by atoms with Crippen LogP contribution < -0.4 is 0 Å². The summed E-state index contributed by atoms with van der Waals surface area (Å²) in [6, 6.07) is 7.26. The Morgan fingerprint density at radius 2 is 1.81 bits per heavy atom. The number of rotatable bonds is 4. The maximum atomic E-state index is 12.8. The molecule has 2 fully saturated rings. The molecule has 0 radical (unpaired) electrons. The monoisotopic (exact) mass is 360 g/mol. The molecule has 6 nitrogen and oxygen atoms in total. The van der Waals surface area contributed by atoms with Gasteiger partial charge in [0, 0.05) is 31.7 Å². The summed E-state index contributed by atoms with van der Waals surface area (Å²) in [6.07, 6.45) is 1.98. The van der Waals surface area contributed by atoms with E-state index >= 15 is 0 Å². The van der Waals surface area contributed by atoms with Gasteiger partial charge in [0.2, 0.25) is 0 Å². The van der Waals surface area contributed by atoms with Gasteiger partial charge in [-0.05, 0) is 44.4 Å². The van der Waals surface area contributed by atoms with Crippen molar-refractivity contribution in [3.8, 4) is 0 Å². The molecule has 0 saturated carbocycles. The molecule has 0 aliphatic carbocycles. The highest BCUT2D eigenvalue weighted by molar-refractivity contribution is 5.97. The number of amides is 1. The highest BCUT2D eigenvalue weighted by Gasteiger charge is 2.35. The molecule has 0 bridgehead atoms. The zero-order valence-corrected chi connectivity index (χ0v) is 15.8. The van der Waals surface area contributed by atoms with Crippen molar-refractivity contribution in [1.82, 2.24) is 9.80 Å². The lowest BCUT2D eigenvalue weighted by Crippen LogP contribution is -2.44. The molecule has 2 heterocycles. The number of carbonyl (C=O) groups excluding carboxylic acids is 2. The standard InChI is InChI=1S/C20H28N2O4/c1-14-11-21(12-15(2)26-14)13-16-6-8-17(9-7-16)19(23)22-10-4-5-18(22)20(24)25-3/h6-9,14-15,18H,4-5,10-13H2,1-3H3/t14-,15+,18-/m0/s1. The Hall–Kier alpha value is -1.92. The van der Waals surface area contributed by atoms with Crippen molar-refractivity contribution < 1.29 is 19.1 Å². The molecular weight excluding hydrogens is 332 g/mol. The van der Waals surface area contributed by atoms with E-state index < -0.39 is 6.04 Å². The maximum absolute atomic E-state index is 12.8. The lowest BCUT2D eigenvalue weighted by Gasteiger charge is -2.35. The van der Waals surface area contributed by atoms with Gasteiger partial charge in [0.1, 0.15) is 6.04 Å². The summed E-state index contributed by atoms with van der Waals surface area (Å²) in [6.45, 7) is 7.47. The Morgan fingerprint density at radius 1 is 1.15 bits per heavy atom. The van der Waals surface area contributed by atoms with Gasteiger partial charge in [-0.3, -0.25) is 9.69 Å². The first kappa shape index (κ1) is 18.9. The summed E-state index contributed by atoms with van der Waals surface area (Å²) in [5.41, 5.74) is 1.79. The first-order valence-electron chi connectivity index (χ1n) is 9.33. The highest BCUT2D eigenvalue weighted by atomic mass is 16.5. The first-order valence-corrected chi connectivity index (χ1v) is 9.33. The number of benzene rings is 1. The molecule has 142 valence electrons. The third-order valence-electron chi connectivity index (χ3n) is 5.09. The second-order valence-electron chi connectivity index (χ2n) is 7.33. The Bertz CT molecular complexity index is 636. The number of methoxy groups -OCH3 is 1. The predicted molar refractivity (Wildman–Crippen MR) is 97.8 cm³/mol. The third-order valence-corrected chi connectivity index (χ3v) is 5.09. The molecule has 6 heteroatoms. The largest absolute Gasteiger partial charge is 0.467 e. The molecule has 3 atom stereocenters. The van der Waals surface area contributed by atoms with E-state index in [4.69, 9.17) is 9.47 Å². The van der Waals surface area contributed by atoms with E-state index in [0.717, 1.165) is 26.1 Å². The first-order chi connectivity index (χ1) is 12.5. The van der Waals surface area contributed by atoms with Gasteiger partial charge in [-0.25, -0.2) is 4.79 Å². The van der Waals surface area contributed by atoms with E-state index in [1.54, 1.807) is 4.90 Å². The van der Waals surface area contributed by atoms with Gasteiger partial charge in [-0.15, -0.1) is 0 Å². The van der Waals surface area contributed by atoms with Crippen LogP contribution in [0.4, 0.5) is 0 Å². The molecule has 3 rings (SSSR count). The van der Waals surface area contributed by atoms with Crippen LogP contribution in [0.1, 0.15) is 42.6 Å². The lowest BCUT2D eigenvalue weighted by molar-refractivity contribution is -0.145. The molecule has 1 amide bonds. The minimum absolute atomic E-state index is 0.0990. The minimum atomic E-state index is -0.455. The number of ether oxygens (including phenoxy) is 2. The average Bonchev–Trinajstić information content (AvgIpc) is 3.10. The molecule has 26 heavy (non-hydrogen) atoms. The topological polar surface area (TPSA) is 59.1 Å². The van der Waals surface area contributed by atoms with Crippen molar-refractivity contribution in [2.45, 2.75) is 51.5 Å². The van der Waals surface area contributed by atoms with E-state index in [-0.39, 0.29) is 24.1 Å². The number of morpholine rings is 1. The summed E-state index contributed by atoms with van der Waals surface area (Å²) in [5.74, 6) is -0.430. The Labute approximate surface area is 155 Å². The van der Waals surface area contributed by atoms with E-state index in [1.807, 2.05) is 24.3 Å². The number of likely N-dealkylation sites (tertiary alicyclic amines) is 1. The summed E-state index contributed by atoms with van der Waals surface area (Å²) >= 11 is 0. The molecule has 0 N–H and O–H groups in total. The van der Waals surface area contributed by atoms with E-state index in [0.29, 0.717) is 18.5 Å². The average molecular weight is 360 g/mol. The molecule has 0 spiro atoms. The maximum Gasteiger partial charge on any atom is 0.328 e. The molecule has 0 unspecified atom stereocenters. The van der Waals surface area contributed by atoms with Crippen molar-refractivity contribution in [1.29, 1.82) is 0 Å². The van der Waals surface area contributed by atoms with Gasteiger partial charge >= 0.3 is 5.97 Å². The van der Waals surface area contributed by atoms with Gasteiger partial charge in [0.25, 0.3) is 5.91 Å². The van der Waals surface area contributed by atoms with Crippen LogP contribution in [-0.4, -0.2) is 66.7 Å². The molecule has 1 aromatic rings. The Balaban J connectivity index is 1.63. The second-order valence-corrected chi connectivity index (χ2v) is 7.33. The number of hydrogen-bond acceptors (Lipinski definition) is 5. The van der Waals surface area contributed by atoms with E-state index in [9.17, 15) is 9.59 Å². The van der Waals surface area contributed by atoms with Gasteiger partial charge in [0.05, 0.1) is 19.3 Å². The fraction of sp³-hybridized carbons (Fsp3) is 0.600. The fourth-order valence-electron chi connectivity index (χ4n) is 3.98. The molecule has 2 saturated heterocycles. The molecule has 0 aromatic heterocycles. The highest BCUT2D eigenvalue weighted by Crippen LogP contribution is 2.22. The summed E-state index contributed by atoms with van der Waals surface area (Å²) < 4.78 is 10.6. The SMILES string of the molecule is COC(=O)[C@@H]1CCCN1C(=O)c1ccc(CN2C[C@@H](C)O[C@@H](C)C2)cc1. The van der Waals surface area contributed by atoms with Crippen molar-refractivity contribution in [3.63, 3.8) is 0 Å². The molecule has 2 aliphatic rings. The van der Waals surface area contributed by atoms with Gasteiger partial charge in [0.15, 0.2) is 0 Å². The van der Waals surface area contributed by atoms with E-state index in [2.05, 4.69) is 18.7 Å². The van der Waals surface area contributed by atoms with Gasteiger partial charge < -0.3 is 14.4 Å². The number of esters is 1. The summed E-state index contributed by atoms with van der Waals surface area (Å²) in [4.78, 5) is 28.6. The predicted octanol–water partition coefficient (Wildman–Crippen LogP) is 2.07. The number of carbonyl (C=O) groups is 2. The summed E-state index contributed by atoms with van der Waals surface area (Å²) in [7, 11) is 1.37. The van der Waals surface area contributed by atoms with Crippen LogP contribution in [0.3, 0.4) is 0 Å². The zero-order valence-electron chi connectivity index (χ0n) is 15.8. The van der Waals surface area contributed by atoms with Crippen molar-refractivity contribution in [2.75, 3.05) is 26.7 Å². The molecular formula is C20H28N2O4. The summed E-state index contributed by atoms with van der Waals surface area (Å²) in [5, 5.41) is 0. The smallest absolute Gasteiger partial charge is 0.328 e. The quantitative estimate of drug-likeness (QED) is 0.770. The van der Waals surface area contributed by atoms with Gasteiger partial charge in [-0.1, -0.05) is 12.1 Å². The zero-order chi connectivity index (χ0) is 18.7. The normalized spacial score (nSPS) is 26.7. The van der Waals surface area contributed by atoms with Crippen LogP contribution >= 0.6 is 0 Å². The van der Waals surface area contributed by atoms with Crippen LogP contribution in [0.5, 0.6) is 0 Å². The lowest BCUT2D eigenvalue weighted by atomic mass is 10.1. The van der Waals surface area contributed by atoms with Crippen LogP contribution in [0.15, 0.2) is 24.3 Å². The molecule has 2 aliphatic heterocycles. The van der Waals surface area contributed by atoms with E-state index in [1.165, 1.54) is 12.7 Å². The molecule has 1 aromatic carbocycles. The third kappa shape index (κ3) is 4.24. The second kappa shape index (κ2) is 8.18. The van der Waals surface area contributed by atoms with Crippen molar-refractivity contribution in [3.05, 3.63) is 35.4 Å². The number of hydrogen-bond donors (Lipinski definition) is 0. The Kier molecular flexibility index (Phi) is 5.94. The van der Waals surface area contributed by atoms with Crippen LogP contribution in [0.25, 0.3) is 0 Å². The number of nitrogens with zero attached hydrogens (tertiary/aromatic N) is 2. The van der Waals surface area contributed by atoms with Crippen LogP contribution in [-0.2, 0) is 20.8 Å². The van der Waals surface area contributed by atoms with Crippen molar-refractivity contribution >= 4 is 11.9 Å². The van der Waals surface area contributed by atoms with Crippen LogP contribution in [0.2, 0.25) is 0 Å².